The van der Waals surface area contributed by atoms with Gasteiger partial charge in [0.25, 0.3) is 0 Å². The van der Waals surface area contributed by atoms with Gasteiger partial charge in [-0.25, -0.2) is 13.8 Å². The third-order valence-electron chi connectivity index (χ3n) is 1.99. The van der Waals surface area contributed by atoms with E-state index < -0.39 is 23.0 Å². The lowest BCUT2D eigenvalue weighted by Crippen LogP contribution is -2.10. The van der Waals surface area contributed by atoms with Crippen LogP contribution in [0.25, 0.3) is 0 Å². The molecule has 0 spiro atoms. The highest BCUT2D eigenvalue weighted by molar-refractivity contribution is 7.79. The molecule has 1 aromatic carbocycles. The van der Waals surface area contributed by atoms with Crippen molar-refractivity contribution < 1.29 is 27.8 Å². The first-order valence-electron chi connectivity index (χ1n) is 4.42. The van der Waals surface area contributed by atoms with Crippen LogP contribution >= 0.6 is 0 Å². The van der Waals surface area contributed by atoms with Crippen molar-refractivity contribution in [3.05, 3.63) is 29.3 Å². The van der Waals surface area contributed by atoms with Crippen molar-refractivity contribution in [2.45, 2.75) is 4.90 Å². The van der Waals surface area contributed by atoms with E-state index in [1.807, 2.05) is 0 Å². The van der Waals surface area contributed by atoms with Crippen LogP contribution in [0.15, 0.2) is 23.1 Å². The second kappa shape index (κ2) is 5.55. The molecule has 0 aliphatic heterocycles. The van der Waals surface area contributed by atoms with Crippen LogP contribution in [0.3, 0.4) is 0 Å². The molecule has 0 saturated carbocycles. The highest BCUT2D eigenvalue weighted by Crippen LogP contribution is 2.17. The van der Waals surface area contributed by atoms with Gasteiger partial charge in [-0.3, -0.25) is 0 Å². The highest BCUT2D eigenvalue weighted by atomic mass is 32.2. The van der Waals surface area contributed by atoms with Crippen LogP contribution in [0.2, 0.25) is 0 Å². The Hall–Kier alpha value is -1.73. The van der Waals surface area contributed by atoms with Crippen LogP contribution in [-0.2, 0) is 20.6 Å². The summed E-state index contributed by atoms with van der Waals surface area (Å²) >= 11 is -2.34. The fourth-order valence-corrected chi connectivity index (χ4v) is 1.71. The van der Waals surface area contributed by atoms with Crippen LogP contribution in [0.4, 0.5) is 0 Å². The molecule has 1 unspecified atom stereocenters. The smallest absolute Gasteiger partial charge is 0.339 e. The van der Waals surface area contributed by atoms with Gasteiger partial charge in [-0.1, -0.05) is 0 Å². The maximum absolute atomic E-state index is 11.4. The molecule has 1 atom stereocenters. The molecule has 0 heterocycles. The van der Waals surface area contributed by atoms with Crippen LogP contribution in [0.5, 0.6) is 0 Å². The van der Waals surface area contributed by atoms with Gasteiger partial charge >= 0.3 is 11.9 Å². The predicted octanol–water partition coefficient (Wildman–Crippen LogP) is 0.840. The molecule has 0 aliphatic carbocycles. The third kappa shape index (κ3) is 2.89. The van der Waals surface area contributed by atoms with Crippen molar-refractivity contribution >= 4 is 23.0 Å². The van der Waals surface area contributed by atoms with Crippen LogP contribution < -0.4 is 0 Å². The molecular weight excluding hydrogens is 248 g/mol. The highest BCUT2D eigenvalue weighted by Gasteiger charge is 2.18. The molecule has 0 radical (unpaired) electrons. The van der Waals surface area contributed by atoms with Crippen molar-refractivity contribution in [1.82, 2.24) is 0 Å². The summed E-state index contributed by atoms with van der Waals surface area (Å²) in [7, 11) is 2.33. The lowest BCUT2D eigenvalue weighted by molar-refractivity contribution is 0.0595. The number of carbonyl (C=O) groups excluding carboxylic acids is 2. The van der Waals surface area contributed by atoms with Gasteiger partial charge < -0.3 is 14.0 Å². The molecule has 0 bridgehead atoms. The van der Waals surface area contributed by atoms with Gasteiger partial charge in [0.2, 0.25) is 0 Å². The third-order valence-corrected chi connectivity index (χ3v) is 2.73. The average molecular weight is 258 g/mol. The fraction of sp³-hybridized carbons (Fsp3) is 0.200. The standard InChI is InChI=1S/C10H10O6S/c1-15-9(11)6-3-4-8(17(13)14)7(5-6)10(12)16-2/h3-5H,1-2H3,(H,13,14). The van der Waals surface area contributed by atoms with E-state index >= 15 is 0 Å². The molecule has 17 heavy (non-hydrogen) atoms. The zero-order chi connectivity index (χ0) is 13.0. The molecule has 92 valence electrons. The van der Waals surface area contributed by atoms with E-state index in [0.717, 1.165) is 13.2 Å². The Morgan fingerprint density at radius 2 is 1.76 bits per heavy atom. The topological polar surface area (TPSA) is 89.9 Å². The van der Waals surface area contributed by atoms with Crippen molar-refractivity contribution in [1.29, 1.82) is 0 Å². The molecule has 1 rings (SSSR count). The van der Waals surface area contributed by atoms with Gasteiger partial charge in [0.05, 0.1) is 30.2 Å². The molecule has 0 aliphatic rings. The summed E-state index contributed by atoms with van der Waals surface area (Å²) in [6, 6.07) is 3.65. The van der Waals surface area contributed by atoms with E-state index in [4.69, 9.17) is 4.55 Å². The zero-order valence-electron chi connectivity index (χ0n) is 9.13. The van der Waals surface area contributed by atoms with Crippen LogP contribution in [0.1, 0.15) is 20.7 Å². The van der Waals surface area contributed by atoms with Gasteiger partial charge in [0.15, 0.2) is 11.1 Å². The van der Waals surface area contributed by atoms with Gasteiger partial charge in [0.1, 0.15) is 0 Å². The van der Waals surface area contributed by atoms with Crippen molar-refractivity contribution in [3.63, 3.8) is 0 Å². The summed E-state index contributed by atoms with van der Waals surface area (Å²) in [4.78, 5) is 22.5. The van der Waals surface area contributed by atoms with Gasteiger partial charge in [-0.15, -0.1) is 0 Å². The molecule has 0 aromatic heterocycles. The Morgan fingerprint density at radius 3 is 2.24 bits per heavy atom. The summed E-state index contributed by atoms with van der Waals surface area (Å²) in [6.07, 6.45) is 0. The number of ether oxygens (including phenoxy) is 2. The molecule has 0 fully saturated rings. The Morgan fingerprint density at radius 1 is 1.18 bits per heavy atom. The first-order valence-corrected chi connectivity index (χ1v) is 5.53. The Bertz CT molecular complexity index is 482. The molecule has 7 heteroatoms. The number of methoxy groups -OCH3 is 2. The first-order chi connectivity index (χ1) is 8.01. The van der Waals surface area contributed by atoms with Crippen molar-refractivity contribution in [2.75, 3.05) is 14.2 Å². The predicted molar refractivity (Wildman–Crippen MR) is 58.2 cm³/mol. The average Bonchev–Trinajstić information content (AvgIpc) is 2.35. The van der Waals surface area contributed by atoms with E-state index in [2.05, 4.69) is 9.47 Å². The quantitative estimate of drug-likeness (QED) is 0.638. The van der Waals surface area contributed by atoms with Crippen LogP contribution in [0, 0.1) is 0 Å². The van der Waals surface area contributed by atoms with E-state index in [-0.39, 0.29) is 16.0 Å². The Labute approximate surface area is 99.8 Å². The van der Waals surface area contributed by atoms with E-state index in [1.165, 1.54) is 19.2 Å². The van der Waals surface area contributed by atoms with E-state index in [9.17, 15) is 13.8 Å². The van der Waals surface area contributed by atoms with Gasteiger partial charge in [-0.2, -0.15) is 0 Å². The maximum Gasteiger partial charge on any atom is 0.339 e. The number of hydrogen-bond acceptors (Lipinski definition) is 5. The Balaban J connectivity index is 3.34. The van der Waals surface area contributed by atoms with Crippen LogP contribution in [-0.4, -0.2) is 34.9 Å². The summed E-state index contributed by atoms with van der Waals surface area (Å²) in [5, 5.41) is 0. The van der Waals surface area contributed by atoms with Gasteiger partial charge in [-0.05, 0) is 18.2 Å². The Kier molecular flexibility index (Phi) is 4.36. The fourth-order valence-electron chi connectivity index (χ4n) is 1.20. The largest absolute Gasteiger partial charge is 0.465 e. The molecule has 1 N–H and O–H groups in total. The molecule has 6 nitrogen and oxygen atoms in total. The first kappa shape index (κ1) is 13.3. The lowest BCUT2D eigenvalue weighted by atomic mass is 10.1. The molecule has 0 amide bonds. The SMILES string of the molecule is COC(=O)c1ccc(S(=O)O)c(C(=O)OC)c1. The second-order valence-corrected chi connectivity index (χ2v) is 3.88. The number of rotatable bonds is 3. The minimum Gasteiger partial charge on any atom is -0.465 e. The minimum absolute atomic E-state index is 0.0992. The summed E-state index contributed by atoms with van der Waals surface area (Å²) in [6.45, 7) is 0. The summed E-state index contributed by atoms with van der Waals surface area (Å²) < 4.78 is 28.9. The number of hydrogen-bond donors (Lipinski definition) is 1. The number of esters is 2. The maximum atomic E-state index is 11.4. The van der Waals surface area contributed by atoms with Crippen molar-refractivity contribution in [2.24, 2.45) is 0 Å². The van der Waals surface area contributed by atoms with Gasteiger partial charge in [0, 0.05) is 0 Å². The lowest BCUT2D eigenvalue weighted by Gasteiger charge is -2.06. The summed E-state index contributed by atoms with van der Waals surface area (Å²) in [5.74, 6) is -1.45. The number of benzene rings is 1. The van der Waals surface area contributed by atoms with Crippen molar-refractivity contribution in [3.8, 4) is 0 Å². The normalized spacial score (nSPS) is 11.7. The van der Waals surface area contributed by atoms with E-state index in [1.54, 1.807) is 0 Å². The number of carbonyl (C=O) groups is 2. The monoisotopic (exact) mass is 258 g/mol. The molecule has 0 saturated heterocycles. The van der Waals surface area contributed by atoms with E-state index in [0.29, 0.717) is 0 Å². The summed E-state index contributed by atoms with van der Waals surface area (Å²) in [5.41, 5.74) is -0.0432. The second-order valence-electron chi connectivity index (χ2n) is 2.94. The zero-order valence-corrected chi connectivity index (χ0v) is 9.95. The molecule has 1 aromatic rings. The molecular formula is C10H10O6S. The minimum atomic E-state index is -2.34.